The van der Waals surface area contributed by atoms with Crippen LogP contribution in [0.25, 0.3) is 11.3 Å². The number of benzene rings is 1. The van der Waals surface area contributed by atoms with E-state index in [1.807, 2.05) is 26.2 Å². The Labute approximate surface area is 172 Å². The Balaban J connectivity index is 2.25. The molecule has 0 bridgehead atoms. The Morgan fingerprint density at radius 2 is 1.86 bits per heavy atom. The number of aryl methyl sites for hydroxylation is 1. The molecule has 0 saturated heterocycles. The van der Waals surface area contributed by atoms with Crippen molar-refractivity contribution in [3.8, 4) is 11.3 Å². The maximum atomic E-state index is 12.8. The zero-order valence-corrected chi connectivity index (χ0v) is 17.8. The lowest BCUT2D eigenvalue weighted by atomic mass is 10.1. The number of carbonyl (C=O) groups is 1. The van der Waals surface area contributed by atoms with Gasteiger partial charge in [-0.05, 0) is 45.6 Å². The molecule has 0 unspecified atom stereocenters. The summed E-state index contributed by atoms with van der Waals surface area (Å²) in [5, 5.41) is 0.642. The molecule has 0 N–H and O–H groups in total. The summed E-state index contributed by atoms with van der Waals surface area (Å²) in [6.07, 6.45) is 5.06. The lowest BCUT2D eigenvalue weighted by molar-refractivity contribution is -0.119. The molecular weight excluding hydrogens is 374 g/mol. The first-order valence-electron chi connectivity index (χ1n) is 9.94. The second kappa shape index (κ2) is 11.1. The maximum absolute atomic E-state index is 12.8. The normalized spacial score (nSPS) is 11.2. The van der Waals surface area contributed by atoms with Gasteiger partial charge >= 0.3 is 0 Å². The number of hydrogen-bond acceptors (Lipinski definition) is 4. The van der Waals surface area contributed by atoms with Crippen LogP contribution < -0.4 is 5.56 Å². The minimum absolute atomic E-state index is 0.0711. The number of nitrogens with zero attached hydrogens (tertiary/aromatic N) is 3. The van der Waals surface area contributed by atoms with E-state index in [9.17, 15) is 9.59 Å². The summed E-state index contributed by atoms with van der Waals surface area (Å²) >= 11 is 5.96. The van der Waals surface area contributed by atoms with Crippen LogP contribution in [0.15, 0.2) is 35.1 Å². The Morgan fingerprint density at radius 3 is 2.50 bits per heavy atom. The second-order valence-corrected chi connectivity index (χ2v) is 7.83. The van der Waals surface area contributed by atoms with E-state index in [4.69, 9.17) is 16.6 Å². The van der Waals surface area contributed by atoms with Gasteiger partial charge in [0, 0.05) is 29.5 Å². The van der Waals surface area contributed by atoms with Crippen LogP contribution in [0.2, 0.25) is 5.02 Å². The van der Waals surface area contributed by atoms with E-state index < -0.39 is 0 Å². The van der Waals surface area contributed by atoms with Crippen LogP contribution in [0.4, 0.5) is 0 Å². The Hall–Kier alpha value is -1.98. The molecule has 152 valence electrons. The molecule has 28 heavy (non-hydrogen) atoms. The molecule has 0 aliphatic heterocycles. The lowest BCUT2D eigenvalue weighted by Gasteiger charge is -2.14. The van der Waals surface area contributed by atoms with E-state index in [-0.39, 0.29) is 17.9 Å². The third-order valence-electron chi connectivity index (χ3n) is 4.63. The number of halogens is 1. The molecular formula is C22H30ClN3O2. The highest BCUT2D eigenvalue weighted by Crippen LogP contribution is 2.19. The van der Waals surface area contributed by atoms with Crippen LogP contribution in [-0.4, -0.2) is 40.9 Å². The first-order valence-corrected chi connectivity index (χ1v) is 10.3. The Morgan fingerprint density at radius 1 is 1.14 bits per heavy atom. The van der Waals surface area contributed by atoms with Crippen molar-refractivity contribution in [1.29, 1.82) is 0 Å². The zero-order valence-electron chi connectivity index (χ0n) is 17.1. The molecule has 0 radical (unpaired) electrons. The summed E-state index contributed by atoms with van der Waals surface area (Å²) in [6.45, 7) is 3.10. The van der Waals surface area contributed by atoms with Crippen LogP contribution in [0, 0.1) is 0 Å². The van der Waals surface area contributed by atoms with Gasteiger partial charge in [-0.1, -0.05) is 43.5 Å². The number of rotatable bonds is 11. The van der Waals surface area contributed by atoms with Crippen LogP contribution in [-0.2, 0) is 17.8 Å². The number of ketones is 1. The molecule has 0 aliphatic rings. The minimum atomic E-state index is -0.174. The third kappa shape index (κ3) is 6.88. The van der Waals surface area contributed by atoms with E-state index in [1.54, 1.807) is 16.7 Å². The first-order chi connectivity index (χ1) is 13.4. The summed E-state index contributed by atoms with van der Waals surface area (Å²) in [6, 6.07) is 8.80. The van der Waals surface area contributed by atoms with E-state index in [0.29, 0.717) is 29.4 Å². The minimum Gasteiger partial charge on any atom is -0.309 e. The molecule has 0 amide bonds. The van der Waals surface area contributed by atoms with Crippen LogP contribution >= 0.6 is 11.6 Å². The fourth-order valence-electron chi connectivity index (χ4n) is 3.06. The standard InChI is InChI=1S/C22H30ClN3O2/c1-4-5-6-9-21-24-20(17-10-12-18(23)13-11-17)15-22(28)26(21)16-19(27)8-7-14-25(2)3/h10-13,15H,4-9,14,16H2,1-3H3. The van der Waals surface area contributed by atoms with Crippen molar-refractivity contribution in [2.24, 2.45) is 0 Å². The summed E-state index contributed by atoms with van der Waals surface area (Å²) in [5.74, 6) is 0.758. The fraction of sp³-hybridized carbons (Fsp3) is 0.500. The number of carbonyl (C=O) groups excluding carboxylic acids is 1. The van der Waals surface area contributed by atoms with Gasteiger partial charge in [0.05, 0.1) is 12.2 Å². The van der Waals surface area contributed by atoms with Gasteiger partial charge in [-0.25, -0.2) is 4.98 Å². The van der Waals surface area contributed by atoms with Gasteiger partial charge in [-0.15, -0.1) is 0 Å². The van der Waals surface area contributed by atoms with Crippen molar-refractivity contribution in [3.63, 3.8) is 0 Å². The number of unbranched alkanes of at least 4 members (excludes halogenated alkanes) is 2. The van der Waals surface area contributed by atoms with Crippen molar-refractivity contribution in [1.82, 2.24) is 14.5 Å². The fourth-order valence-corrected chi connectivity index (χ4v) is 3.19. The molecule has 1 heterocycles. The quantitative estimate of drug-likeness (QED) is 0.527. The van der Waals surface area contributed by atoms with Gasteiger partial charge in [-0.2, -0.15) is 0 Å². The first kappa shape index (κ1) is 22.3. The van der Waals surface area contributed by atoms with Crippen LogP contribution in [0.1, 0.15) is 44.9 Å². The topological polar surface area (TPSA) is 55.2 Å². The molecule has 0 aliphatic carbocycles. The molecule has 0 atom stereocenters. The molecule has 1 aromatic heterocycles. The van der Waals surface area contributed by atoms with Crippen molar-refractivity contribution >= 4 is 17.4 Å². The average Bonchev–Trinajstić information content (AvgIpc) is 2.64. The van der Waals surface area contributed by atoms with Crippen molar-refractivity contribution in [2.75, 3.05) is 20.6 Å². The maximum Gasteiger partial charge on any atom is 0.254 e. The summed E-state index contributed by atoms with van der Waals surface area (Å²) < 4.78 is 1.55. The highest BCUT2D eigenvalue weighted by molar-refractivity contribution is 6.30. The summed E-state index contributed by atoms with van der Waals surface area (Å²) in [7, 11) is 3.97. The SMILES string of the molecule is CCCCCc1nc(-c2ccc(Cl)cc2)cc(=O)n1CC(=O)CCCN(C)C. The smallest absolute Gasteiger partial charge is 0.254 e. The van der Waals surface area contributed by atoms with Gasteiger partial charge in [0.2, 0.25) is 0 Å². The largest absolute Gasteiger partial charge is 0.309 e. The van der Waals surface area contributed by atoms with E-state index >= 15 is 0 Å². The highest BCUT2D eigenvalue weighted by Gasteiger charge is 2.13. The van der Waals surface area contributed by atoms with Crippen molar-refractivity contribution < 1.29 is 4.79 Å². The van der Waals surface area contributed by atoms with E-state index in [2.05, 4.69) is 11.8 Å². The van der Waals surface area contributed by atoms with Crippen LogP contribution in [0.3, 0.4) is 0 Å². The third-order valence-corrected chi connectivity index (χ3v) is 4.88. The summed E-state index contributed by atoms with van der Waals surface area (Å²) in [5.41, 5.74) is 1.31. The zero-order chi connectivity index (χ0) is 20.5. The number of Topliss-reactive ketones (excluding diaryl/α,β-unsaturated/α-hetero) is 1. The average molecular weight is 404 g/mol. The summed E-state index contributed by atoms with van der Waals surface area (Å²) in [4.78, 5) is 32.0. The molecule has 5 nitrogen and oxygen atoms in total. The van der Waals surface area contributed by atoms with Gasteiger partial charge in [0.25, 0.3) is 5.56 Å². The van der Waals surface area contributed by atoms with E-state index in [0.717, 1.165) is 37.8 Å². The predicted molar refractivity (Wildman–Crippen MR) is 115 cm³/mol. The van der Waals surface area contributed by atoms with E-state index in [1.165, 1.54) is 6.07 Å². The van der Waals surface area contributed by atoms with Gasteiger partial charge < -0.3 is 4.90 Å². The van der Waals surface area contributed by atoms with Crippen molar-refractivity contribution in [2.45, 2.75) is 52.0 Å². The molecule has 0 fully saturated rings. The lowest BCUT2D eigenvalue weighted by Crippen LogP contribution is -2.28. The molecule has 2 aromatic rings. The van der Waals surface area contributed by atoms with Crippen molar-refractivity contribution in [3.05, 3.63) is 51.5 Å². The second-order valence-electron chi connectivity index (χ2n) is 7.39. The van der Waals surface area contributed by atoms with Gasteiger partial charge in [-0.3, -0.25) is 14.2 Å². The Kier molecular flexibility index (Phi) is 8.87. The number of hydrogen-bond donors (Lipinski definition) is 0. The number of aromatic nitrogens is 2. The molecule has 2 rings (SSSR count). The monoisotopic (exact) mass is 403 g/mol. The molecule has 0 saturated carbocycles. The van der Waals surface area contributed by atoms with Gasteiger partial charge in [0.15, 0.2) is 5.78 Å². The molecule has 0 spiro atoms. The Bertz CT molecular complexity index is 829. The highest BCUT2D eigenvalue weighted by atomic mass is 35.5. The van der Waals surface area contributed by atoms with Crippen LogP contribution in [0.5, 0.6) is 0 Å². The van der Waals surface area contributed by atoms with Gasteiger partial charge in [0.1, 0.15) is 5.82 Å². The molecule has 6 heteroatoms. The molecule has 1 aromatic carbocycles. The predicted octanol–water partition coefficient (Wildman–Crippen LogP) is 4.21.